The summed E-state index contributed by atoms with van der Waals surface area (Å²) in [7, 11) is 4.95. The van der Waals surface area contributed by atoms with Crippen LogP contribution in [0.1, 0.15) is 44.2 Å². The van der Waals surface area contributed by atoms with E-state index in [-0.39, 0.29) is 0 Å². The number of ether oxygens (including phenoxy) is 3. The highest BCUT2D eigenvalue weighted by molar-refractivity contribution is 5.54. The molecule has 0 radical (unpaired) electrons. The van der Waals surface area contributed by atoms with E-state index in [2.05, 4.69) is 24.4 Å². The fourth-order valence-electron chi connectivity index (χ4n) is 2.74. The molecule has 1 aliphatic carbocycles. The van der Waals surface area contributed by atoms with Crippen molar-refractivity contribution in [3.8, 4) is 17.2 Å². The molecule has 0 aliphatic heterocycles. The Kier molecular flexibility index (Phi) is 5.74. The third-order valence-corrected chi connectivity index (χ3v) is 4.10. The van der Waals surface area contributed by atoms with Crippen LogP contribution in [0.2, 0.25) is 0 Å². The van der Waals surface area contributed by atoms with Crippen LogP contribution in [0, 0.1) is 5.92 Å². The Morgan fingerprint density at radius 1 is 1.10 bits per heavy atom. The van der Waals surface area contributed by atoms with Gasteiger partial charge in [-0.15, -0.1) is 0 Å². The topological polar surface area (TPSA) is 39.7 Å². The van der Waals surface area contributed by atoms with Gasteiger partial charge in [0.25, 0.3) is 0 Å². The van der Waals surface area contributed by atoms with Gasteiger partial charge in [-0.1, -0.05) is 19.8 Å². The van der Waals surface area contributed by atoms with Gasteiger partial charge in [-0.3, -0.25) is 0 Å². The molecular weight excluding hydrogens is 266 g/mol. The summed E-state index contributed by atoms with van der Waals surface area (Å²) in [5.41, 5.74) is 1.20. The fraction of sp³-hybridized carbons (Fsp3) is 0.647. The Balaban J connectivity index is 2.24. The fourth-order valence-corrected chi connectivity index (χ4v) is 2.74. The van der Waals surface area contributed by atoms with E-state index in [0.717, 1.165) is 30.4 Å². The lowest BCUT2D eigenvalue weighted by Gasteiger charge is -2.21. The zero-order valence-corrected chi connectivity index (χ0v) is 13.6. The van der Waals surface area contributed by atoms with Crippen LogP contribution in [0.3, 0.4) is 0 Å². The second kappa shape index (κ2) is 7.55. The van der Waals surface area contributed by atoms with Gasteiger partial charge in [0.2, 0.25) is 5.75 Å². The van der Waals surface area contributed by atoms with Crippen LogP contribution in [0.5, 0.6) is 17.2 Å². The van der Waals surface area contributed by atoms with Crippen LogP contribution in [-0.2, 0) is 0 Å². The Hall–Kier alpha value is -1.42. The summed E-state index contributed by atoms with van der Waals surface area (Å²) < 4.78 is 16.3. The molecule has 2 rings (SSSR count). The molecule has 21 heavy (non-hydrogen) atoms. The van der Waals surface area contributed by atoms with E-state index in [9.17, 15) is 0 Å². The van der Waals surface area contributed by atoms with Gasteiger partial charge in [0.1, 0.15) is 0 Å². The molecule has 0 saturated heterocycles. The molecule has 0 spiro atoms. The standard InChI is InChI=1S/C17H27NO3/c1-5-18-14(9-8-12-6-7-12)13-10-15(19-2)17(21-4)16(11-13)20-3/h10-12,14,18H,5-9H2,1-4H3. The zero-order chi connectivity index (χ0) is 15.2. The molecule has 0 bridgehead atoms. The lowest BCUT2D eigenvalue weighted by atomic mass is 9.99. The van der Waals surface area contributed by atoms with E-state index >= 15 is 0 Å². The number of nitrogens with one attached hydrogen (secondary N) is 1. The molecule has 0 amide bonds. The summed E-state index contributed by atoms with van der Waals surface area (Å²) >= 11 is 0. The van der Waals surface area contributed by atoms with Gasteiger partial charge in [-0.2, -0.15) is 0 Å². The molecule has 1 unspecified atom stereocenters. The Bertz CT molecular complexity index is 432. The SMILES string of the molecule is CCNC(CCC1CC1)c1cc(OC)c(OC)c(OC)c1. The molecule has 1 atom stereocenters. The van der Waals surface area contributed by atoms with E-state index < -0.39 is 0 Å². The minimum absolute atomic E-state index is 0.337. The van der Waals surface area contributed by atoms with E-state index in [1.54, 1.807) is 21.3 Å². The molecule has 0 aromatic heterocycles. The van der Waals surface area contributed by atoms with E-state index in [1.807, 2.05) is 0 Å². The quantitative estimate of drug-likeness (QED) is 0.756. The van der Waals surface area contributed by atoms with Crippen molar-refractivity contribution in [1.29, 1.82) is 0 Å². The van der Waals surface area contributed by atoms with E-state index in [1.165, 1.54) is 24.8 Å². The minimum Gasteiger partial charge on any atom is -0.493 e. The van der Waals surface area contributed by atoms with Crippen LogP contribution in [0.4, 0.5) is 0 Å². The average molecular weight is 293 g/mol. The molecule has 4 heteroatoms. The molecule has 4 nitrogen and oxygen atoms in total. The van der Waals surface area contributed by atoms with Crippen molar-refractivity contribution in [2.45, 2.75) is 38.6 Å². The third kappa shape index (κ3) is 4.03. The Morgan fingerprint density at radius 3 is 2.14 bits per heavy atom. The van der Waals surface area contributed by atoms with E-state index in [0.29, 0.717) is 11.8 Å². The summed E-state index contributed by atoms with van der Waals surface area (Å²) in [6.07, 6.45) is 5.23. The molecule has 1 aromatic rings. The highest BCUT2D eigenvalue weighted by Gasteiger charge is 2.24. The van der Waals surface area contributed by atoms with Crippen molar-refractivity contribution in [3.63, 3.8) is 0 Å². The van der Waals surface area contributed by atoms with Gasteiger partial charge in [-0.05, 0) is 43.0 Å². The normalized spacial score (nSPS) is 15.6. The minimum atomic E-state index is 0.337. The maximum atomic E-state index is 5.45. The van der Waals surface area contributed by atoms with Crippen molar-refractivity contribution in [2.75, 3.05) is 27.9 Å². The van der Waals surface area contributed by atoms with Crippen molar-refractivity contribution in [3.05, 3.63) is 17.7 Å². The molecule has 1 saturated carbocycles. The first-order valence-corrected chi connectivity index (χ1v) is 7.76. The van der Waals surface area contributed by atoms with Gasteiger partial charge < -0.3 is 19.5 Å². The number of hydrogen-bond donors (Lipinski definition) is 1. The van der Waals surface area contributed by atoms with Gasteiger partial charge in [0, 0.05) is 6.04 Å². The van der Waals surface area contributed by atoms with Crippen LogP contribution >= 0.6 is 0 Å². The molecule has 118 valence electrons. The zero-order valence-electron chi connectivity index (χ0n) is 13.6. The molecule has 1 fully saturated rings. The van der Waals surface area contributed by atoms with E-state index in [4.69, 9.17) is 14.2 Å². The van der Waals surface area contributed by atoms with Crippen LogP contribution in [0.15, 0.2) is 12.1 Å². The largest absolute Gasteiger partial charge is 0.493 e. The van der Waals surface area contributed by atoms with Gasteiger partial charge in [0.05, 0.1) is 21.3 Å². The summed E-state index contributed by atoms with van der Waals surface area (Å²) in [6, 6.07) is 4.45. The average Bonchev–Trinajstić information content (AvgIpc) is 3.34. The number of benzene rings is 1. The number of hydrogen-bond acceptors (Lipinski definition) is 4. The van der Waals surface area contributed by atoms with Gasteiger partial charge in [-0.25, -0.2) is 0 Å². The van der Waals surface area contributed by atoms with Gasteiger partial charge in [0.15, 0.2) is 11.5 Å². The highest BCUT2D eigenvalue weighted by atomic mass is 16.5. The lowest BCUT2D eigenvalue weighted by molar-refractivity contribution is 0.322. The van der Waals surface area contributed by atoms with Crippen molar-refractivity contribution < 1.29 is 14.2 Å². The monoisotopic (exact) mass is 293 g/mol. The lowest BCUT2D eigenvalue weighted by Crippen LogP contribution is -2.21. The summed E-state index contributed by atoms with van der Waals surface area (Å²) in [5, 5.41) is 3.57. The van der Waals surface area contributed by atoms with Crippen LogP contribution < -0.4 is 19.5 Å². The van der Waals surface area contributed by atoms with Crippen molar-refractivity contribution in [1.82, 2.24) is 5.32 Å². The molecule has 1 N–H and O–H groups in total. The molecule has 0 heterocycles. The summed E-state index contributed by atoms with van der Waals surface area (Å²) in [5.74, 6) is 3.04. The first-order valence-electron chi connectivity index (χ1n) is 7.76. The third-order valence-electron chi connectivity index (χ3n) is 4.10. The highest BCUT2D eigenvalue weighted by Crippen LogP contribution is 2.41. The van der Waals surface area contributed by atoms with Gasteiger partial charge >= 0.3 is 0 Å². The Morgan fingerprint density at radius 2 is 1.71 bits per heavy atom. The summed E-state index contributed by atoms with van der Waals surface area (Å²) in [6.45, 7) is 3.09. The molecule has 1 aromatic carbocycles. The smallest absolute Gasteiger partial charge is 0.203 e. The number of methoxy groups -OCH3 is 3. The second-order valence-corrected chi connectivity index (χ2v) is 5.59. The summed E-state index contributed by atoms with van der Waals surface area (Å²) in [4.78, 5) is 0. The molecular formula is C17H27NO3. The van der Waals surface area contributed by atoms with Crippen LogP contribution in [0.25, 0.3) is 0 Å². The first-order chi connectivity index (χ1) is 10.2. The predicted octanol–water partition coefficient (Wildman–Crippen LogP) is 3.55. The first kappa shape index (κ1) is 16.0. The van der Waals surface area contributed by atoms with Crippen molar-refractivity contribution in [2.24, 2.45) is 5.92 Å². The maximum Gasteiger partial charge on any atom is 0.203 e. The van der Waals surface area contributed by atoms with Crippen LogP contribution in [-0.4, -0.2) is 27.9 Å². The maximum absolute atomic E-state index is 5.45. The Labute approximate surface area is 127 Å². The van der Waals surface area contributed by atoms with Crippen molar-refractivity contribution >= 4 is 0 Å². The second-order valence-electron chi connectivity index (χ2n) is 5.59. The molecule has 1 aliphatic rings. The number of rotatable bonds is 9. The predicted molar refractivity (Wildman–Crippen MR) is 84.5 cm³/mol.